The van der Waals surface area contributed by atoms with E-state index < -0.39 is 28.7 Å². The van der Waals surface area contributed by atoms with Gasteiger partial charge in [-0.1, -0.05) is 69.7 Å². The lowest BCUT2D eigenvalue weighted by Crippen LogP contribution is -2.52. The largest absolute Gasteiger partial charge is 0.463 e. The van der Waals surface area contributed by atoms with E-state index in [2.05, 4.69) is 35.8 Å². The van der Waals surface area contributed by atoms with E-state index in [1.165, 1.54) is 0 Å². The maximum absolute atomic E-state index is 14.6. The number of hydrogen-bond acceptors (Lipinski definition) is 9. The molecule has 4 aliphatic rings. The molecule has 1 fully saturated rings. The number of hydrogen-bond donors (Lipinski definition) is 4. The van der Waals surface area contributed by atoms with Crippen LogP contribution in [0.25, 0.3) is 0 Å². The smallest absolute Gasteiger partial charge is 0.350 e. The third kappa shape index (κ3) is 6.62. The number of nitrogens with two attached hydrogens (primary N) is 1. The van der Waals surface area contributed by atoms with Crippen molar-refractivity contribution in [3.63, 3.8) is 0 Å². The van der Waals surface area contributed by atoms with Gasteiger partial charge in [-0.25, -0.2) is 4.79 Å². The van der Waals surface area contributed by atoms with E-state index in [0.717, 1.165) is 36.1 Å². The first kappa shape index (κ1) is 34.8. The summed E-state index contributed by atoms with van der Waals surface area (Å²) in [7, 11) is 0. The Morgan fingerprint density at radius 1 is 1.21 bits per heavy atom. The number of epoxide rings is 1. The quantitative estimate of drug-likeness (QED) is 0.0980. The summed E-state index contributed by atoms with van der Waals surface area (Å²) in [6.07, 6.45) is 11.9. The molecule has 0 bridgehead atoms. The summed E-state index contributed by atoms with van der Waals surface area (Å²) in [4.78, 5) is 43.3. The second-order valence-electron chi connectivity index (χ2n) is 13.9. The molecular weight excluding hydrogens is 594 g/mol. The number of likely N-dealkylation sites (N-methyl/N-ethyl adjacent to an activating group) is 1. The Hall–Kier alpha value is -3.53. The summed E-state index contributed by atoms with van der Waals surface area (Å²) < 4.78 is 12.2. The van der Waals surface area contributed by atoms with Crippen molar-refractivity contribution in [2.24, 2.45) is 23.5 Å². The van der Waals surface area contributed by atoms with E-state index in [9.17, 15) is 19.5 Å². The van der Waals surface area contributed by atoms with Gasteiger partial charge in [0.25, 0.3) is 5.60 Å². The van der Waals surface area contributed by atoms with Crippen LogP contribution >= 0.6 is 0 Å². The second-order valence-corrected chi connectivity index (χ2v) is 13.9. The molecule has 47 heavy (non-hydrogen) atoms. The van der Waals surface area contributed by atoms with Crippen LogP contribution in [-0.2, 0) is 20.7 Å². The van der Waals surface area contributed by atoms with E-state index in [-0.39, 0.29) is 48.6 Å². The minimum Gasteiger partial charge on any atom is -0.463 e. The molecule has 1 aromatic carbocycles. The SMILES string of the molecule is CCN[C@@H]1C=C[C@@H](CC)C[C@H]1COC(=O)[C@]12O[C@@]1(C/C(CO)=C(\C)CCC1=CCNC(N)=C1)C(=O)c1cccc(CC(C)C)c1C2=O. The summed E-state index contributed by atoms with van der Waals surface area (Å²) in [6.45, 7) is 11.4. The van der Waals surface area contributed by atoms with Gasteiger partial charge in [0, 0.05) is 36.1 Å². The fourth-order valence-electron chi connectivity index (χ4n) is 7.48. The first-order chi connectivity index (χ1) is 22.5. The molecule has 0 radical (unpaired) electrons. The molecule has 0 aromatic heterocycles. The van der Waals surface area contributed by atoms with Gasteiger partial charge in [0.2, 0.25) is 5.78 Å². The summed E-state index contributed by atoms with van der Waals surface area (Å²) in [5.41, 5.74) is 5.83. The van der Waals surface area contributed by atoms with E-state index in [1.807, 2.05) is 39.8 Å². The number of aliphatic hydroxyl groups is 1. The van der Waals surface area contributed by atoms with Gasteiger partial charge in [-0.15, -0.1) is 0 Å². The van der Waals surface area contributed by atoms with Crippen molar-refractivity contribution in [3.8, 4) is 0 Å². The van der Waals surface area contributed by atoms with E-state index in [4.69, 9.17) is 15.2 Å². The number of aliphatic hydroxyl groups excluding tert-OH is 1. The zero-order valence-corrected chi connectivity index (χ0v) is 28.5. The monoisotopic (exact) mass is 645 g/mol. The van der Waals surface area contributed by atoms with Crippen molar-refractivity contribution in [1.29, 1.82) is 0 Å². The van der Waals surface area contributed by atoms with Crippen LogP contribution in [0.15, 0.2) is 65.0 Å². The minimum atomic E-state index is -2.10. The predicted octanol–water partition coefficient (Wildman–Crippen LogP) is 4.70. The Labute approximate surface area is 278 Å². The molecule has 5 N–H and O–H groups in total. The summed E-state index contributed by atoms with van der Waals surface area (Å²) in [5, 5.41) is 17.1. The molecule has 1 saturated heterocycles. The number of carbonyl (C=O) groups is 3. The van der Waals surface area contributed by atoms with Gasteiger partial charge in [0.1, 0.15) is 0 Å². The van der Waals surface area contributed by atoms with Crippen molar-refractivity contribution >= 4 is 17.5 Å². The number of Topliss-reactive ketones (excluding diaryl/α,β-unsaturated/α-hetero) is 2. The van der Waals surface area contributed by atoms with Crippen molar-refractivity contribution in [1.82, 2.24) is 10.6 Å². The standard InChI is InChI=1S/C38H51N3O6/c1-6-25-13-14-31(40-7-2)28(18-25)22-46-36(45)38-35(44)33-27(17-23(3)4)9-8-10-30(33)34(43)37(38,47-38)20-29(21-42)24(5)11-12-26-15-16-41-32(39)19-26/h8-10,13-15,19,23,25,28,31,40-42H,6-7,11-12,16-18,20-22,39H2,1-5H3/b29-24-/t25-,28+,31-,37+,38+/m1/s1. The first-order valence-corrected chi connectivity index (χ1v) is 17.2. The molecule has 5 atom stereocenters. The average Bonchev–Trinajstić information content (AvgIpc) is 3.76. The number of ketones is 2. The lowest BCUT2D eigenvalue weighted by atomic mass is 9.69. The molecule has 9 nitrogen and oxygen atoms in total. The molecule has 2 aliphatic carbocycles. The van der Waals surface area contributed by atoms with E-state index >= 15 is 0 Å². The van der Waals surface area contributed by atoms with Crippen LogP contribution in [0, 0.1) is 17.8 Å². The summed E-state index contributed by atoms with van der Waals surface area (Å²) >= 11 is 0. The number of dihydropyridines is 1. The molecule has 0 spiro atoms. The fourth-order valence-corrected chi connectivity index (χ4v) is 7.48. The van der Waals surface area contributed by atoms with Gasteiger partial charge in [0.05, 0.1) is 19.0 Å². The Kier molecular flexibility index (Phi) is 10.6. The topological polar surface area (TPSA) is 143 Å². The van der Waals surface area contributed by atoms with Gasteiger partial charge in [-0.2, -0.15) is 0 Å². The highest BCUT2D eigenvalue weighted by molar-refractivity contribution is 6.33. The molecule has 2 aliphatic heterocycles. The molecule has 9 heteroatoms. The third-order valence-corrected chi connectivity index (χ3v) is 10.2. The normalized spacial score (nSPS) is 28.5. The molecule has 1 aromatic rings. The number of benzene rings is 1. The maximum atomic E-state index is 14.6. The average molecular weight is 646 g/mol. The molecule has 254 valence electrons. The van der Waals surface area contributed by atoms with Crippen molar-refractivity contribution in [2.75, 3.05) is 26.3 Å². The third-order valence-electron chi connectivity index (χ3n) is 10.2. The van der Waals surface area contributed by atoms with Crippen molar-refractivity contribution in [2.45, 2.75) is 90.4 Å². The Morgan fingerprint density at radius 3 is 2.68 bits per heavy atom. The van der Waals surface area contributed by atoms with Crippen LogP contribution in [0.1, 0.15) is 93.0 Å². The highest BCUT2D eigenvalue weighted by Gasteiger charge is 2.85. The zero-order chi connectivity index (χ0) is 33.9. The van der Waals surface area contributed by atoms with Gasteiger partial charge < -0.3 is 30.9 Å². The second kappa shape index (κ2) is 14.3. The molecular formula is C38H51N3O6. The Balaban J connectivity index is 1.48. The number of nitrogens with one attached hydrogen (secondary N) is 2. The Bertz CT molecular complexity index is 1520. The van der Waals surface area contributed by atoms with Gasteiger partial charge in [-0.05, 0) is 80.2 Å². The van der Waals surface area contributed by atoms with Crippen LogP contribution < -0.4 is 16.4 Å². The number of rotatable bonds is 14. The van der Waals surface area contributed by atoms with E-state index in [0.29, 0.717) is 43.1 Å². The lowest BCUT2D eigenvalue weighted by molar-refractivity contribution is -0.149. The van der Waals surface area contributed by atoms with Gasteiger partial charge in [0.15, 0.2) is 11.4 Å². The number of ether oxygens (including phenoxy) is 2. The minimum absolute atomic E-state index is 0.0131. The number of carbonyl (C=O) groups excluding carboxylic acids is 3. The van der Waals surface area contributed by atoms with Crippen LogP contribution in [0.3, 0.4) is 0 Å². The van der Waals surface area contributed by atoms with Gasteiger partial charge >= 0.3 is 5.97 Å². The first-order valence-electron chi connectivity index (χ1n) is 17.2. The van der Waals surface area contributed by atoms with Crippen LogP contribution in [0.5, 0.6) is 0 Å². The van der Waals surface area contributed by atoms with Crippen LogP contribution in [0.2, 0.25) is 0 Å². The molecule has 0 amide bonds. The van der Waals surface area contributed by atoms with Crippen LogP contribution in [0.4, 0.5) is 0 Å². The summed E-state index contributed by atoms with van der Waals surface area (Å²) in [5.74, 6) is -0.551. The lowest BCUT2D eigenvalue weighted by Gasteiger charge is -2.32. The van der Waals surface area contributed by atoms with Gasteiger partial charge in [-0.3, -0.25) is 9.59 Å². The van der Waals surface area contributed by atoms with E-state index in [1.54, 1.807) is 12.1 Å². The molecule has 0 saturated carbocycles. The summed E-state index contributed by atoms with van der Waals surface area (Å²) in [6, 6.07) is 5.31. The fraction of sp³-hybridized carbons (Fsp3) is 0.553. The van der Waals surface area contributed by atoms with Crippen molar-refractivity contribution in [3.05, 3.63) is 81.7 Å². The number of fused-ring (bicyclic) bond motifs is 2. The molecule has 2 heterocycles. The number of allylic oxidation sites excluding steroid dienone is 4. The number of esters is 1. The Morgan fingerprint density at radius 2 is 2.00 bits per heavy atom. The van der Waals surface area contributed by atoms with Crippen molar-refractivity contribution < 1.29 is 29.0 Å². The zero-order valence-electron chi connectivity index (χ0n) is 28.5. The predicted molar refractivity (Wildman–Crippen MR) is 182 cm³/mol. The highest BCUT2D eigenvalue weighted by atomic mass is 16.7. The van der Waals surface area contributed by atoms with Crippen LogP contribution in [-0.4, -0.2) is 66.2 Å². The molecule has 5 rings (SSSR count). The molecule has 0 unspecified atom stereocenters. The highest BCUT2D eigenvalue weighted by Crippen LogP contribution is 2.60. The maximum Gasteiger partial charge on any atom is 0.350 e.